The van der Waals surface area contributed by atoms with Gasteiger partial charge in [0, 0.05) is 24.8 Å². The summed E-state index contributed by atoms with van der Waals surface area (Å²) in [6.07, 6.45) is -2.95. The summed E-state index contributed by atoms with van der Waals surface area (Å²) in [5.74, 6) is -0.00322. The number of hydrogen-bond donors (Lipinski definition) is 2. The summed E-state index contributed by atoms with van der Waals surface area (Å²) in [6.45, 7) is 2.27. The van der Waals surface area contributed by atoms with E-state index < -0.39 is 25.0 Å². The number of carbonyl (C=O) groups excluding carboxylic acids is 1. The Kier molecular flexibility index (Phi) is 5.59. The van der Waals surface area contributed by atoms with Crippen molar-refractivity contribution in [3.8, 4) is 0 Å². The minimum Gasteiger partial charge on any atom is -0.370 e. The topological polar surface area (TPSA) is 54.0 Å². The second-order valence-corrected chi connectivity index (χ2v) is 3.98. The Labute approximate surface area is 109 Å². The minimum absolute atomic E-state index is 0.288. The molecule has 0 aliphatic rings. The van der Waals surface area contributed by atoms with Crippen molar-refractivity contribution >= 4 is 11.7 Å². The number of pyridine rings is 1. The summed E-state index contributed by atoms with van der Waals surface area (Å²) in [6, 6.07) is 2.97. The van der Waals surface area contributed by atoms with E-state index in [9.17, 15) is 18.0 Å². The molecule has 0 fully saturated rings. The van der Waals surface area contributed by atoms with Crippen LogP contribution < -0.4 is 10.6 Å². The van der Waals surface area contributed by atoms with Gasteiger partial charge in [-0.15, -0.1) is 0 Å². The van der Waals surface area contributed by atoms with Crippen molar-refractivity contribution in [3.05, 3.63) is 23.9 Å². The van der Waals surface area contributed by atoms with E-state index in [0.29, 0.717) is 12.4 Å². The number of aromatic nitrogens is 1. The van der Waals surface area contributed by atoms with Crippen LogP contribution in [0.25, 0.3) is 0 Å². The molecule has 0 aliphatic heterocycles. The molecule has 0 unspecified atom stereocenters. The molecule has 1 aromatic heterocycles. The zero-order valence-corrected chi connectivity index (χ0v) is 10.5. The highest BCUT2D eigenvalue weighted by atomic mass is 19.4. The Morgan fingerprint density at radius 1 is 1.37 bits per heavy atom. The van der Waals surface area contributed by atoms with Gasteiger partial charge in [-0.1, -0.05) is 6.92 Å². The molecule has 0 atom stereocenters. The van der Waals surface area contributed by atoms with Crippen LogP contribution in [0.3, 0.4) is 0 Å². The molecule has 1 aromatic rings. The maximum absolute atomic E-state index is 11.9. The highest BCUT2D eigenvalue weighted by Crippen LogP contribution is 2.18. The maximum atomic E-state index is 11.9. The third-order valence-electron chi connectivity index (χ3n) is 2.27. The third-order valence-corrected chi connectivity index (χ3v) is 2.27. The van der Waals surface area contributed by atoms with E-state index >= 15 is 0 Å². The summed E-state index contributed by atoms with van der Waals surface area (Å²) in [5, 5.41) is 5.22. The number of nitrogens with zero attached hydrogens (tertiary/aromatic N) is 1. The van der Waals surface area contributed by atoms with Crippen molar-refractivity contribution in [1.82, 2.24) is 10.3 Å². The lowest BCUT2D eigenvalue weighted by Gasteiger charge is -2.09. The number of hydrogen-bond acceptors (Lipinski definition) is 3. The average molecular weight is 275 g/mol. The van der Waals surface area contributed by atoms with Gasteiger partial charge in [-0.25, -0.2) is 4.98 Å². The summed E-state index contributed by atoms with van der Waals surface area (Å²) in [4.78, 5) is 15.6. The normalized spacial score (nSPS) is 11.2. The standard InChI is InChI=1S/C12H16F3N3O/c1-2-5-16-10-8-9(3-6-17-10)11(19)18-7-4-12(13,14)15/h3,6,8H,2,4-5,7H2,1H3,(H,16,17)(H,18,19). The molecular weight excluding hydrogens is 259 g/mol. The van der Waals surface area contributed by atoms with Crippen LogP contribution in [0.15, 0.2) is 18.3 Å². The lowest BCUT2D eigenvalue weighted by atomic mass is 10.2. The van der Waals surface area contributed by atoms with Gasteiger partial charge < -0.3 is 10.6 Å². The van der Waals surface area contributed by atoms with Crippen LogP contribution in [-0.4, -0.2) is 30.2 Å². The predicted molar refractivity (Wildman–Crippen MR) is 66.0 cm³/mol. The number of carbonyl (C=O) groups is 1. The molecule has 2 N–H and O–H groups in total. The third kappa shape index (κ3) is 6.08. The largest absolute Gasteiger partial charge is 0.390 e. The molecule has 106 valence electrons. The number of amides is 1. The molecular formula is C12H16F3N3O. The summed E-state index contributed by atoms with van der Waals surface area (Å²) < 4.78 is 35.8. The monoisotopic (exact) mass is 275 g/mol. The Balaban J connectivity index is 2.52. The van der Waals surface area contributed by atoms with E-state index in [4.69, 9.17) is 0 Å². The Hall–Kier alpha value is -1.79. The van der Waals surface area contributed by atoms with Gasteiger partial charge in [0.15, 0.2) is 0 Å². The highest BCUT2D eigenvalue weighted by Gasteiger charge is 2.26. The number of nitrogens with one attached hydrogen (secondary N) is 2. The van der Waals surface area contributed by atoms with Crippen LogP contribution in [0.5, 0.6) is 0 Å². The first-order valence-corrected chi connectivity index (χ1v) is 5.97. The van der Waals surface area contributed by atoms with Crippen LogP contribution in [0.2, 0.25) is 0 Å². The smallest absolute Gasteiger partial charge is 0.370 e. The van der Waals surface area contributed by atoms with E-state index in [-0.39, 0.29) is 5.56 Å². The molecule has 0 aromatic carbocycles. The molecule has 0 spiro atoms. The van der Waals surface area contributed by atoms with Gasteiger partial charge in [-0.05, 0) is 18.6 Å². The summed E-state index contributed by atoms with van der Waals surface area (Å²) in [5.41, 5.74) is 0.288. The Morgan fingerprint density at radius 2 is 2.11 bits per heavy atom. The fourth-order valence-electron chi connectivity index (χ4n) is 1.34. The lowest BCUT2D eigenvalue weighted by molar-refractivity contribution is -0.132. The minimum atomic E-state index is -4.26. The Morgan fingerprint density at radius 3 is 2.74 bits per heavy atom. The molecule has 0 saturated heterocycles. The molecule has 1 heterocycles. The molecule has 19 heavy (non-hydrogen) atoms. The van der Waals surface area contributed by atoms with Crippen molar-refractivity contribution < 1.29 is 18.0 Å². The van der Waals surface area contributed by atoms with Crippen LogP contribution in [0.4, 0.5) is 19.0 Å². The lowest BCUT2D eigenvalue weighted by Crippen LogP contribution is -2.28. The fourth-order valence-corrected chi connectivity index (χ4v) is 1.34. The van der Waals surface area contributed by atoms with Gasteiger partial charge in [0.1, 0.15) is 5.82 Å². The molecule has 0 aliphatic carbocycles. The van der Waals surface area contributed by atoms with Crippen molar-refractivity contribution in [2.45, 2.75) is 25.9 Å². The van der Waals surface area contributed by atoms with Crippen molar-refractivity contribution in [2.75, 3.05) is 18.4 Å². The SMILES string of the molecule is CCCNc1cc(C(=O)NCCC(F)(F)F)ccn1. The first kappa shape index (κ1) is 15.3. The van der Waals surface area contributed by atoms with Crippen molar-refractivity contribution in [2.24, 2.45) is 0 Å². The molecule has 4 nitrogen and oxygen atoms in total. The van der Waals surface area contributed by atoms with E-state index in [2.05, 4.69) is 15.6 Å². The van der Waals surface area contributed by atoms with Crippen LogP contribution in [0, 0.1) is 0 Å². The van der Waals surface area contributed by atoms with Gasteiger partial charge in [-0.3, -0.25) is 4.79 Å². The van der Waals surface area contributed by atoms with Crippen LogP contribution >= 0.6 is 0 Å². The zero-order valence-electron chi connectivity index (χ0n) is 10.5. The quantitative estimate of drug-likeness (QED) is 0.839. The van der Waals surface area contributed by atoms with Gasteiger partial charge >= 0.3 is 6.18 Å². The Bertz CT molecular complexity index is 421. The van der Waals surface area contributed by atoms with E-state index in [1.165, 1.54) is 18.3 Å². The molecule has 7 heteroatoms. The number of halogens is 3. The second-order valence-electron chi connectivity index (χ2n) is 3.98. The van der Waals surface area contributed by atoms with E-state index in [1.807, 2.05) is 6.92 Å². The molecule has 1 amide bonds. The van der Waals surface area contributed by atoms with Gasteiger partial charge in [0.2, 0.25) is 0 Å². The maximum Gasteiger partial charge on any atom is 0.390 e. The van der Waals surface area contributed by atoms with Crippen LogP contribution in [-0.2, 0) is 0 Å². The van der Waals surface area contributed by atoms with E-state index in [1.54, 1.807) is 0 Å². The summed E-state index contributed by atoms with van der Waals surface area (Å²) >= 11 is 0. The van der Waals surface area contributed by atoms with Gasteiger partial charge in [0.05, 0.1) is 6.42 Å². The number of rotatable bonds is 6. The number of anilines is 1. The van der Waals surface area contributed by atoms with Gasteiger partial charge in [-0.2, -0.15) is 13.2 Å². The predicted octanol–water partition coefficient (Wildman–Crippen LogP) is 2.59. The average Bonchev–Trinajstić information content (AvgIpc) is 2.35. The number of alkyl halides is 3. The van der Waals surface area contributed by atoms with Crippen molar-refractivity contribution in [3.63, 3.8) is 0 Å². The first-order chi connectivity index (χ1) is 8.92. The summed E-state index contributed by atoms with van der Waals surface area (Å²) in [7, 11) is 0. The first-order valence-electron chi connectivity index (χ1n) is 5.97. The molecule has 1 rings (SSSR count). The van der Waals surface area contributed by atoms with Crippen molar-refractivity contribution in [1.29, 1.82) is 0 Å². The van der Waals surface area contributed by atoms with Gasteiger partial charge in [0.25, 0.3) is 5.91 Å². The van der Waals surface area contributed by atoms with Crippen LogP contribution in [0.1, 0.15) is 30.1 Å². The zero-order chi connectivity index (χ0) is 14.3. The fraction of sp³-hybridized carbons (Fsp3) is 0.500. The molecule has 0 saturated carbocycles. The highest BCUT2D eigenvalue weighted by molar-refractivity contribution is 5.94. The molecule has 0 bridgehead atoms. The second kappa shape index (κ2) is 6.96. The molecule has 0 radical (unpaired) electrons. The van der Waals surface area contributed by atoms with E-state index in [0.717, 1.165) is 6.42 Å².